The first kappa shape index (κ1) is 11.4. The molecular formula is C12H24N2O. The van der Waals surface area contributed by atoms with Crippen LogP contribution in [0.15, 0.2) is 0 Å². The quantitative estimate of drug-likeness (QED) is 0.713. The number of nitrogens with two attached hydrogens (primary N) is 1. The van der Waals surface area contributed by atoms with E-state index in [0.717, 1.165) is 19.8 Å². The van der Waals surface area contributed by atoms with Crippen molar-refractivity contribution in [2.45, 2.75) is 57.2 Å². The molecule has 0 spiro atoms. The number of morpholine rings is 1. The number of hydrogen-bond donors (Lipinski definition) is 1. The van der Waals surface area contributed by atoms with Crippen LogP contribution < -0.4 is 5.73 Å². The maximum atomic E-state index is 6.06. The molecule has 1 aliphatic heterocycles. The molecule has 0 aromatic heterocycles. The van der Waals surface area contributed by atoms with Gasteiger partial charge in [-0.3, -0.25) is 4.90 Å². The van der Waals surface area contributed by atoms with Gasteiger partial charge in [-0.2, -0.15) is 0 Å². The molecule has 3 heteroatoms. The SMILES string of the molecule is CC1(C)COCCN1C1CCCC(N)C1. The Hall–Kier alpha value is -0.120. The van der Waals surface area contributed by atoms with Gasteiger partial charge in [0.15, 0.2) is 0 Å². The summed E-state index contributed by atoms with van der Waals surface area (Å²) in [6.07, 6.45) is 4.99. The van der Waals surface area contributed by atoms with Crippen LogP contribution in [-0.4, -0.2) is 42.3 Å². The third kappa shape index (κ3) is 2.52. The Morgan fingerprint density at radius 2 is 2.13 bits per heavy atom. The minimum atomic E-state index is 0.194. The third-order valence-electron chi connectivity index (χ3n) is 3.84. The summed E-state index contributed by atoms with van der Waals surface area (Å²) in [5, 5.41) is 0. The van der Waals surface area contributed by atoms with E-state index in [-0.39, 0.29) is 5.54 Å². The van der Waals surface area contributed by atoms with Gasteiger partial charge in [0.05, 0.1) is 13.2 Å². The Morgan fingerprint density at radius 3 is 2.80 bits per heavy atom. The lowest BCUT2D eigenvalue weighted by molar-refractivity contribution is -0.0790. The van der Waals surface area contributed by atoms with Crippen LogP contribution in [-0.2, 0) is 4.74 Å². The summed E-state index contributed by atoms with van der Waals surface area (Å²) < 4.78 is 5.56. The van der Waals surface area contributed by atoms with Crippen LogP contribution in [0, 0.1) is 0 Å². The molecule has 2 unspecified atom stereocenters. The minimum Gasteiger partial charge on any atom is -0.378 e. The molecule has 2 atom stereocenters. The van der Waals surface area contributed by atoms with E-state index in [0.29, 0.717) is 12.1 Å². The van der Waals surface area contributed by atoms with Crippen LogP contribution in [0.25, 0.3) is 0 Å². The first-order valence-corrected chi connectivity index (χ1v) is 6.20. The molecule has 2 fully saturated rings. The number of ether oxygens (including phenoxy) is 1. The van der Waals surface area contributed by atoms with Gasteiger partial charge in [-0.05, 0) is 33.1 Å². The van der Waals surface area contributed by atoms with E-state index in [4.69, 9.17) is 10.5 Å². The van der Waals surface area contributed by atoms with E-state index < -0.39 is 0 Å². The molecule has 3 nitrogen and oxygen atoms in total. The fourth-order valence-electron chi connectivity index (χ4n) is 3.03. The monoisotopic (exact) mass is 212 g/mol. The molecule has 1 saturated heterocycles. The second kappa shape index (κ2) is 4.40. The Labute approximate surface area is 93.0 Å². The van der Waals surface area contributed by atoms with E-state index >= 15 is 0 Å². The first-order valence-electron chi connectivity index (χ1n) is 6.20. The van der Waals surface area contributed by atoms with Gasteiger partial charge in [0.25, 0.3) is 0 Å². The summed E-state index contributed by atoms with van der Waals surface area (Å²) in [7, 11) is 0. The number of rotatable bonds is 1. The van der Waals surface area contributed by atoms with Crippen molar-refractivity contribution in [1.82, 2.24) is 4.90 Å². The van der Waals surface area contributed by atoms with Crippen molar-refractivity contribution in [1.29, 1.82) is 0 Å². The zero-order chi connectivity index (χ0) is 10.9. The summed E-state index contributed by atoms with van der Waals surface area (Å²) in [6.45, 7) is 7.39. The second-order valence-electron chi connectivity index (χ2n) is 5.64. The Bertz CT molecular complexity index is 218. The fraction of sp³-hybridized carbons (Fsp3) is 1.00. The maximum Gasteiger partial charge on any atom is 0.0645 e. The molecule has 88 valence electrons. The maximum absolute atomic E-state index is 6.06. The second-order valence-corrected chi connectivity index (χ2v) is 5.64. The normalized spacial score (nSPS) is 37.8. The Morgan fingerprint density at radius 1 is 1.33 bits per heavy atom. The van der Waals surface area contributed by atoms with Gasteiger partial charge in [-0.25, -0.2) is 0 Å². The molecule has 0 bridgehead atoms. The molecule has 0 radical (unpaired) electrons. The van der Waals surface area contributed by atoms with Crippen LogP contribution in [0.1, 0.15) is 39.5 Å². The highest BCUT2D eigenvalue weighted by Crippen LogP contribution is 2.29. The summed E-state index contributed by atoms with van der Waals surface area (Å²) in [6, 6.07) is 1.11. The van der Waals surface area contributed by atoms with Crippen LogP contribution >= 0.6 is 0 Å². The summed E-state index contributed by atoms with van der Waals surface area (Å²) in [5.74, 6) is 0. The smallest absolute Gasteiger partial charge is 0.0645 e. The lowest BCUT2D eigenvalue weighted by Gasteiger charge is -2.48. The molecule has 0 aromatic rings. The first-order chi connectivity index (χ1) is 7.09. The van der Waals surface area contributed by atoms with Crippen molar-refractivity contribution in [2.24, 2.45) is 5.73 Å². The van der Waals surface area contributed by atoms with Gasteiger partial charge in [0.2, 0.25) is 0 Å². The van der Waals surface area contributed by atoms with E-state index in [2.05, 4.69) is 18.7 Å². The summed E-state index contributed by atoms with van der Waals surface area (Å²) in [5.41, 5.74) is 6.26. The Kier molecular flexibility index (Phi) is 3.33. The largest absolute Gasteiger partial charge is 0.378 e. The van der Waals surface area contributed by atoms with Crippen molar-refractivity contribution >= 4 is 0 Å². The molecule has 15 heavy (non-hydrogen) atoms. The molecule has 0 amide bonds. The average molecular weight is 212 g/mol. The predicted molar refractivity (Wildman–Crippen MR) is 61.8 cm³/mol. The van der Waals surface area contributed by atoms with Crippen molar-refractivity contribution < 1.29 is 4.74 Å². The standard InChI is InChI=1S/C12H24N2O/c1-12(2)9-15-7-6-14(12)11-5-3-4-10(13)8-11/h10-11H,3-9,13H2,1-2H3. The molecule has 1 heterocycles. The highest BCUT2D eigenvalue weighted by atomic mass is 16.5. The minimum absolute atomic E-state index is 0.194. The van der Waals surface area contributed by atoms with Gasteiger partial charge in [0.1, 0.15) is 0 Å². The molecular weight excluding hydrogens is 188 g/mol. The van der Waals surface area contributed by atoms with E-state index in [1.807, 2.05) is 0 Å². The lowest BCUT2D eigenvalue weighted by atomic mass is 9.87. The van der Waals surface area contributed by atoms with Crippen molar-refractivity contribution in [3.63, 3.8) is 0 Å². The van der Waals surface area contributed by atoms with Crippen LogP contribution in [0.3, 0.4) is 0 Å². The van der Waals surface area contributed by atoms with Gasteiger partial charge in [-0.1, -0.05) is 6.42 Å². The fourth-order valence-corrected chi connectivity index (χ4v) is 3.03. The molecule has 0 aromatic carbocycles. The highest BCUT2D eigenvalue weighted by Gasteiger charge is 2.36. The van der Waals surface area contributed by atoms with Crippen molar-refractivity contribution in [2.75, 3.05) is 19.8 Å². The molecule has 2 rings (SSSR count). The average Bonchev–Trinajstić information content (AvgIpc) is 2.17. The molecule has 2 aliphatic rings. The van der Waals surface area contributed by atoms with Gasteiger partial charge < -0.3 is 10.5 Å². The lowest BCUT2D eigenvalue weighted by Crippen LogP contribution is -2.58. The molecule has 1 aliphatic carbocycles. The highest BCUT2D eigenvalue weighted by molar-refractivity contribution is 4.92. The van der Waals surface area contributed by atoms with E-state index in [1.54, 1.807) is 0 Å². The zero-order valence-electron chi connectivity index (χ0n) is 10.0. The molecule has 2 N–H and O–H groups in total. The van der Waals surface area contributed by atoms with Crippen LogP contribution in [0.2, 0.25) is 0 Å². The van der Waals surface area contributed by atoms with Gasteiger partial charge in [0, 0.05) is 24.2 Å². The van der Waals surface area contributed by atoms with Crippen LogP contribution in [0.5, 0.6) is 0 Å². The van der Waals surface area contributed by atoms with E-state index in [9.17, 15) is 0 Å². The van der Waals surface area contributed by atoms with Gasteiger partial charge >= 0.3 is 0 Å². The Balaban J connectivity index is 2.01. The van der Waals surface area contributed by atoms with Crippen LogP contribution in [0.4, 0.5) is 0 Å². The molecule has 1 saturated carbocycles. The predicted octanol–water partition coefficient (Wildman–Crippen LogP) is 1.37. The number of hydrogen-bond acceptors (Lipinski definition) is 3. The third-order valence-corrected chi connectivity index (χ3v) is 3.84. The summed E-state index contributed by atoms with van der Waals surface area (Å²) >= 11 is 0. The summed E-state index contributed by atoms with van der Waals surface area (Å²) in [4.78, 5) is 2.62. The van der Waals surface area contributed by atoms with Gasteiger partial charge in [-0.15, -0.1) is 0 Å². The number of nitrogens with zero attached hydrogens (tertiary/aromatic N) is 1. The van der Waals surface area contributed by atoms with Crippen molar-refractivity contribution in [3.8, 4) is 0 Å². The zero-order valence-corrected chi connectivity index (χ0v) is 10.0. The topological polar surface area (TPSA) is 38.5 Å². The van der Waals surface area contributed by atoms with E-state index in [1.165, 1.54) is 25.7 Å². The van der Waals surface area contributed by atoms with Crippen molar-refractivity contribution in [3.05, 3.63) is 0 Å².